The number of carbonyl (C=O) groups excluding carboxylic acids is 2. The Bertz CT molecular complexity index is 1240. The van der Waals surface area contributed by atoms with E-state index in [0.29, 0.717) is 29.1 Å². The standard InChI is InChI=1S/C29H34N4O3S/c1-3-36-24-14-8-7-12-22(24)27(34)31-29-30-26-23(13-9-15-25(26)37-29)28(35)33-18-16-32(17-19-33)20(2)21-10-5-4-6-11-21/h4-8,10-12,14,20,23H,3,9,13,15-19H2,1-2H3,(H,30,31,34). The number of amides is 2. The molecule has 2 amide bonds. The van der Waals surface area contributed by atoms with Crippen molar-refractivity contribution in [2.45, 2.75) is 45.1 Å². The maximum Gasteiger partial charge on any atom is 0.261 e. The second-order valence-corrected chi connectivity index (χ2v) is 10.7. The van der Waals surface area contributed by atoms with Crippen molar-refractivity contribution in [3.05, 3.63) is 76.3 Å². The number of carbonyl (C=O) groups is 2. The molecule has 3 aromatic rings. The third-order valence-corrected chi connectivity index (χ3v) is 8.41. The summed E-state index contributed by atoms with van der Waals surface area (Å²) in [6, 6.07) is 18.1. The van der Waals surface area contributed by atoms with Gasteiger partial charge in [0.25, 0.3) is 5.91 Å². The third-order valence-electron chi connectivity index (χ3n) is 7.36. The highest BCUT2D eigenvalue weighted by molar-refractivity contribution is 7.16. The number of fused-ring (bicyclic) bond motifs is 1. The van der Waals surface area contributed by atoms with Gasteiger partial charge in [0.1, 0.15) is 5.75 Å². The maximum atomic E-state index is 13.6. The van der Waals surface area contributed by atoms with E-state index in [-0.39, 0.29) is 17.7 Å². The van der Waals surface area contributed by atoms with Crippen molar-refractivity contribution in [3.8, 4) is 5.75 Å². The quantitative estimate of drug-likeness (QED) is 0.470. The molecule has 2 atom stereocenters. The normalized spacial score (nSPS) is 18.6. The minimum atomic E-state index is -0.248. The van der Waals surface area contributed by atoms with Crippen molar-refractivity contribution in [2.75, 3.05) is 38.1 Å². The minimum absolute atomic E-state index is 0.165. The number of hydrogen-bond donors (Lipinski definition) is 1. The van der Waals surface area contributed by atoms with Crippen LogP contribution in [0.15, 0.2) is 54.6 Å². The number of rotatable bonds is 7. The van der Waals surface area contributed by atoms with Crippen molar-refractivity contribution in [3.63, 3.8) is 0 Å². The SMILES string of the molecule is CCOc1ccccc1C(=O)Nc1nc2c(s1)CCCC2C(=O)N1CCN(C(C)c2ccccc2)CC1. The van der Waals surface area contributed by atoms with Crippen LogP contribution in [0.4, 0.5) is 5.13 Å². The van der Waals surface area contributed by atoms with Gasteiger partial charge in [-0.3, -0.25) is 19.8 Å². The largest absolute Gasteiger partial charge is 0.493 e. The zero-order chi connectivity index (χ0) is 25.8. The number of ether oxygens (including phenoxy) is 1. The predicted octanol–water partition coefficient (Wildman–Crippen LogP) is 5.12. The van der Waals surface area contributed by atoms with Gasteiger partial charge >= 0.3 is 0 Å². The van der Waals surface area contributed by atoms with Crippen LogP contribution in [0, 0.1) is 0 Å². The lowest BCUT2D eigenvalue weighted by atomic mass is 9.89. The first-order chi connectivity index (χ1) is 18.0. The van der Waals surface area contributed by atoms with Gasteiger partial charge in [-0.2, -0.15) is 0 Å². The first-order valence-corrected chi connectivity index (χ1v) is 14.0. The number of benzene rings is 2. The highest BCUT2D eigenvalue weighted by Gasteiger charge is 2.35. The van der Waals surface area contributed by atoms with Crippen LogP contribution in [0.25, 0.3) is 0 Å². The summed E-state index contributed by atoms with van der Waals surface area (Å²) in [5, 5.41) is 3.49. The fourth-order valence-electron chi connectivity index (χ4n) is 5.30. The molecule has 1 N–H and O–H groups in total. The fraction of sp³-hybridized carbons (Fsp3) is 0.414. The van der Waals surface area contributed by atoms with E-state index >= 15 is 0 Å². The molecule has 0 radical (unpaired) electrons. The van der Waals surface area contributed by atoms with Gasteiger partial charge in [-0.25, -0.2) is 4.98 Å². The lowest BCUT2D eigenvalue weighted by molar-refractivity contribution is -0.135. The van der Waals surface area contributed by atoms with Crippen LogP contribution >= 0.6 is 11.3 Å². The van der Waals surface area contributed by atoms with Crippen LogP contribution in [0.3, 0.4) is 0 Å². The molecule has 7 nitrogen and oxygen atoms in total. The topological polar surface area (TPSA) is 74.8 Å². The Morgan fingerprint density at radius 3 is 2.57 bits per heavy atom. The second-order valence-electron chi connectivity index (χ2n) is 9.60. The molecule has 37 heavy (non-hydrogen) atoms. The average Bonchev–Trinajstić information content (AvgIpc) is 3.36. The summed E-state index contributed by atoms with van der Waals surface area (Å²) >= 11 is 1.48. The number of aryl methyl sites for hydroxylation is 1. The van der Waals surface area contributed by atoms with Gasteiger partial charge in [0.2, 0.25) is 5.91 Å². The average molecular weight is 519 g/mol. The predicted molar refractivity (Wildman–Crippen MR) is 146 cm³/mol. The number of thiazole rings is 1. The number of nitrogens with zero attached hydrogens (tertiary/aromatic N) is 3. The van der Waals surface area contributed by atoms with Crippen LogP contribution in [-0.4, -0.2) is 59.4 Å². The van der Waals surface area contributed by atoms with E-state index < -0.39 is 0 Å². The highest BCUT2D eigenvalue weighted by Crippen LogP contribution is 2.38. The van der Waals surface area contributed by atoms with Gasteiger partial charge in [-0.15, -0.1) is 11.3 Å². The van der Waals surface area contributed by atoms with E-state index in [2.05, 4.69) is 41.4 Å². The Hall–Kier alpha value is -3.23. The van der Waals surface area contributed by atoms with Crippen LogP contribution < -0.4 is 10.1 Å². The van der Waals surface area contributed by atoms with Crippen molar-refractivity contribution in [1.29, 1.82) is 0 Å². The molecule has 1 aliphatic heterocycles. The Morgan fingerprint density at radius 2 is 1.81 bits per heavy atom. The van der Waals surface area contributed by atoms with Gasteiger partial charge in [0, 0.05) is 37.1 Å². The van der Waals surface area contributed by atoms with Gasteiger partial charge in [0.05, 0.1) is 23.8 Å². The lowest BCUT2D eigenvalue weighted by Gasteiger charge is -2.39. The molecule has 1 aromatic heterocycles. The summed E-state index contributed by atoms with van der Waals surface area (Å²) in [5.41, 5.74) is 2.63. The van der Waals surface area contributed by atoms with Gasteiger partial charge in [0.15, 0.2) is 5.13 Å². The summed E-state index contributed by atoms with van der Waals surface area (Å²) in [4.78, 5) is 36.9. The zero-order valence-electron chi connectivity index (χ0n) is 21.5. The number of piperazine rings is 1. The Balaban J connectivity index is 1.24. The fourth-order valence-corrected chi connectivity index (χ4v) is 6.36. The summed E-state index contributed by atoms with van der Waals surface area (Å²) in [6.45, 7) is 7.78. The molecular weight excluding hydrogens is 484 g/mol. The van der Waals surface area contributed by atoms with E-state index in [4.69, 9.17) is 9.72 Å². The smallest absolute Gasteiger partial charge is 0.261 e. The van der Waals surface area contributed by atoms with Crippen LogP contribution in [0.2, 0.25) is 0 Å². The molecule has 2 heterocycles. The monoisotopic (exact) mass is 518 g/mol. The highest BCUT2D eigenvalue weighted by atomic mass is 32.1. The van der Waals surface area contributed by atoms with Crippen molar-refractivity contribution in [1.82, 2.24) is 14.8 Å². The molecule has 1 saturated heterocycles. The van der Waals surface area contributed by atoms with E-state index in [1.807, 2.05) is 30.0 Å². The molecule has 0 saturated carbocycles. The van der Waals surface area contributed by atoms with E-state index in [9.17, 15) is 9.59 Å². The molecule has 194 valence electrons. The number of anilines is 1. The summed E-state index contributed by atoms with van der Waals surface area (Å²) in [6.07, 6.45) is 2.65. The molecule has 5 rings (SSSR count). The Kier molecular flexibility index (Phi) is 7.86. The molecule has 2 aliphatic rings. The van der Waals surface area contributed by atoms with Crippen LogP contribution in [0.1, 0.15) is 65.1 Å². The van der Waals surface area contributed by atoms with E-state index in [1.54, 1.807) is 12.1 Å². The third kappa shape index (κ3) is 5.55. The van der Waals surface area contributed by atoms with Crippen LogP contribution in [-0.2, 0) is 11.2 Å². The molecule has 0 spiro atoms. The lowest BCUT2D eigenvalue weighted by Crippen LogP contribution is -2.50. The molecule has 2 aromatic carbocycles. The number of aromatic nitrogens is 1. The summed E-state index contributed by atoms with van der Waals surface area (Å²) in [7, 11) is 0. The van der Waals surface area contributed by atoms with Gasteiger partial charge in [-0.05, 0) is 50.8 Å². The molecule has 2 unspecified atom stereocenters. The van der Waals surface area contributed by atoms with Gasteiger partial charge in [-0.1, -0.05) is 42.5 Å². The molecular formula is C29H34N4O3S. The van der Waals surface area contributed by atoms with Crippen molar-refractivity contribution < 1.29 is 14.3 Å². The number of nitrogens with one attached hydrogen (secondary N) is 1. The summed E-state index contributed by atoms with van der Waals surface area (Å²) < 4.78 is 5.61. The van der Waals surface area contributed by atoms with Crippen molar-refractivity contribution >= 4 is 28.3 Å². The molecule has 0 bridgehead atoms. The first kappa shape index (κ1) is 25.4. The van der Waals surface area contributed by atoms with Crippen molar-refractivity contribution in [2.24, 2.45) is 0 Å². The zero-order valence-corrected chi connectivity index (χ0v) is 22.3. The van der Waals surface area contributed by atoms with Crippen LogP contribution in [0.5, 0.6) is 5.75 Å². The van der Waals surface area contributed by atoms with Gasteiger partial charge < -0.3 is 9.64 Å². The first-order valence-electron chi connectivity index (χ1n) is 13.2. The molecule has 1 aliphatic carbocycles. The second kappa shape index (κ2) is 11.4. The minimum Gasteiger partial charge on any atom is -0.493 e. The maximum absolute atomic E-state index is 13.6. The molecule has 8 heteroatoms. The molecule has 1 fully saturated rings. The summed E-state index contributed by atoms with van der Waals surface area (Å²) in [5.74, 6) is 0.233. The number of hydrogen-bond acceptors (Lipinski definition) is 6. The number of para-hydroxylation sites is 1. The van der Waals surface area contributed by atoms with E-state index in [1.165, 1.54) is 16.9 Å². The Morgan fingerprint density at radius 1 is 1.08 bits per heavy atom. The van der Waals surface area contributed by atoms with E-state index in [0.717, 1.165) is 56.0 Å². The Labute approximate surface area is 222 Å².